The molecular weight excluding hydrogens is 240 g/mol. The van der Waals surface area contributed by atoms with Gasteiger partial charge in [0, 0.05) is 10.0 Å². The first-order valence-electron chi connectivity index (χ1n) is 3.51. The normalized spacial score (nSPS) is 14.1. The van der Waals surface area contributed by atoms with E-state index >= 15 is 0 Å². The number of alkyl halides is 3. The van der Waals surface area contributed by atoms with Crippen LogP contribution < -0.4 is 0 Å². The lowest BCUT2D eigenvalue weighted by molar-refractivity contribution is -0.206. The molecule has 0 saturated heterocycles. The van der Waals surface area contributed by atoms with Gasteiger partial charge in [-0.05, 0) is 23.8 Å². The molecular formula is C8H5Cl2F3O. The Labute approximate surface area is 88.1 Å². The summed E-state index contributed by atoms with van der Waals surface area (Å²) in [4.78, 5) is 0. The smallest absolute Gasteiger partial charge is 0.379 e. The first-order valence-corrected chi connectivity index (χ1v) is 4.27. The van der Waals surface area contributed by atoms with Gasteiger partial charge in [0.1, 0.15) is 0 Å². The van der Waals surface area contributed by atoms with E-state index in [-0.39, 0.29) is 15.6 Å². The van der Waals surface area contributed by atoms with Crippen molar-refractivity contribution in [3.05, 3.63) is 33.8 Å². The third-order valence-electron chi connectivity index (χ3n) is 1.51. The van der Waals surface area contributed by atoms with Crippen LogP contribution in [0.1, 0.15) is 11.7 Å². The zero-order valence-corrected chi connectivity index (χ0v) is 8.16. The maximum absolute atomic E-state index is 12.1. The number of aliphatic hydroxyl groups is 1. The Kier molecular flexibility index (Phi) is 3.29. The van der Waals surface area contributed by atoms with E-state index in [1.165, 1.54) is 6.07 Å². The summed E-state index contributed by atoms with van der Waals surface area (Å²) >= 11 is 11.0. The lowest BCUT2D eigenvalue weighted by atomic mass is 10.1. The molecule has 0 unspecified atom stereocenters. The van der Waals surface area contributed by atoms with E-state index < -0.39 is 12.3 Å². The summed E-state index contributed by atoms with van der Waals surface area (Å²) in [6.07, 6.45) is -7.27. The fourth-order valence-corrected chi connectivity index (χ4v) is 1.46. The van der Waals surface area contributed by atoms with Crippen LogP contribution in [0, 0.1) is 0 Å². The maximum Gasteiger partial charge on any atom is 0.418 e. The Morgan fingerprint density at radius 1 is 1.07 bits per heavy atom. The van der Waals surface area contributed by atoms with Crippen molar-refractivity contribution in [2.24, 2.45) is 0 Å². The summed E-state index contributed by atoms with van der Waals surface area (Å²) in [5, 5.41) is 8.97. The molecule has 1 rings (SSSR count). The molecule has 0 aliphatic heterocycles. The van der Waals surface area contributed by atoms with Crippen molar-refractivity contribution >= 4 is 23.2 Å². The molecule has 0 heterocycles. The van der Waals surface area contributed by atoms with Crippen LogP contribution in [0.4, 0.5) is 13.2 Å². The molecule has 0 radical (unpaired) electrons. The average Bonchev–Trinajstić information content (AvgIpc) is 1.99. The van der Waals surface area contributed by atoms with E-state index in [1.807, 2.05) is 0 Å². The largest absolute Gasteiger partial charge is 0.418 e. The van der Waals surface area contributed by atoms with Gasteiger partial charge in [-0.25, -0.2) is 0 Å². The Hall–Kier alpha value is -0.450. The molecule has 1 N–H and O–H groups in total. The van der Waals surface area contributed by atoms with Crippen LogP contribution in [0.2, 0.25) is 10.0 Å². The van der Waals surface area contributed by atoms with Crippen LogP contribution in [-0.2, 0) is 0 Å². The molecule has 0 amide bonds. The molecule has 0 aromatic heterocycles. The molecule has 1 atom stereocenters. The summed E-state index contributed by atoms with van der Waals surface area (Å²) in [6, 6.07) is 3.33. The summed E-state index contributed by atoms with van der Waals surface area (Å²) in [5.74, 6) is 0. The monoisotopic (exact) mass is 244 g/mol. The van der Waals surface area contributed by atoms with Crippen LogP contribution in [-0.4, -0.2) is 11.3 Å². The minimum atomic E-state index is -4.71. The summed E-state index contributed by atoms with van der Waals surface area (Å²) in [6.45, 7) is 0. The van der Waals surface area contributed by atoms with Crippen molar-refractivity contribution in [1.82, 2.24) is 0 Å². The van der Waals surface area contributed by atoms with E-state index in [9.17, 15) is 13.2 Å². The third kappa shape index (κ3) is 2.77. The van der Waals surface area contributed by atoms with E-state index in [1.54, 1.807) is 0 Å². The van der Waals surface area contributed by atoms with Crippen molar-refractivity contribution in [3.63, 3.8) is 0 Å². The molecule has 78 valence electrons. The summed E-state index contributed by atoms with van der Waals surface area (Å²) in [5.41, 5.74) is -0.366. The number of halogens is 5. The van der Waals surface area contributed by atoms with E-state index in [0.717, 1.165) is 12.1 Å². The SMILES string of the molecule is O[C@H](c1cc(Cl)cc(Cl)c1)C(F)(F)F. The lowest BCUT2D eigenvalue weighted by Gasteiger charge is -2.15. The number of hydrogen-bond donors (Lipinski definition) is 1. The lowest BCUT2D eigenvalue weighted by Crippen LogP contribution is -2.20. The highest BCUT2D eigenvalue weighted by Gasteiger charge is 2.39. The van der Waals surface area contributed by atoms with Crippen molar-refractivity contribution in [2.75, 3.05) is 0 Å². The summed E-state index contributed by atoms with van der Waals surface area (Å²) in [7, 11) is 0. The van der Waals surface area contributed by atoms with Gasteiger partial charge in [0.05, 0.1) is 0 Å². The van der Waals surface area contributed by atoms with E-state index in [2.05, 4.69) is 0 Å². The predicted molar refractivity (Wildman–Crippen MR) is 47.5 cm³/mol. The van der Waals surface area contributed by atoms with Gasteiger partial charge >= 0.3 is 6.18 Å². The molecule has 0 fully saturated rings. The molecule has 0 aliphatic carbocycles. The zero-order chi connectivity index (χ0) is 10.9. The van der Waals surface area contributed by atoms with E-state index in [4.69, 9.17) is 28.3 Å². The van der Waals surface area contributed by atoms with Crippen molar-refractivity contribution in [3.8, 4) is 0 Å². The van der Waals surface area contributed by atoms with Gasteiger partial charge in [-0.15, -0.1) is 0 Å². The minimum absolute atomic E-state index is 0.0517. The van der Waals surface area contributed by atoms with Crippen molar-refractivity contribution in [1.29, 1.82) is 0 Å². The number of hydrogen-bond acceptors (Lipinski definition) is 1. The van der Waals surface area contributed by atoms with Crippen LogP contribution in [0.5, 0.6) is 0 Å². The van der Waals surface area contributed by atoms with Gasteiger partial charge < -0.3 is 5.11 Å². The Morgan fingerprint density at radius 2 is 1.50 bits per heavy atom. The molecule has 1 nitrogen and oxygen atoms in total. The van der Waals surface area contributed by atoms with Crippen LogP contribution in [0.15, 0.2) is 18.2 Å². The standard InChI is InChI=1S/C8H5Cl2F3O/c9-5-1-4(2-6(10)3-5)7(14)8(11,12)13/h1-3,7,14H/t7-/m1/s1. The Morgan fingerprint density at radius 3 is 1.86 bits per heavy atom. The highest BCUT2D eigenvalue weighted by atomic mass is 35.5. The van der Waals surface area contributed by atoms with Gasteiger partial charge in [0.2, 0.25) is 0 Å². The number of rotatable bonds is 1. The summed E-state index contributed by atoms with van der Waals surface area (Å²) < 4.78 is 36.2. The first-order chi connectivity index (χ1) is 6.30. The Bertz CT molecular complexity index is 318. The second kappa shape index (κ2) is 3.96. The quantitative estimate of drug-likeness (QED) is 0.801. The van der Waals surface area contributed by atoms with Crippen molar-refractivity contribution < 1.29 is 18.3 Å². The number of aliphatic hydroxyl groups excluding tert-OH is 1. The van der Waals surface area contributed by atoms with Gasteiger partial charge in [-0.1, -0.05) is 23.2 Å². The molecule has 14 heavy (non-hydrogen) atoms. The topological polar surface area (TPSA) is 20.2 Å². The second-order valence-electron chi connectivity index (χ2n) is 2.65. The predicted octanol–water partition coefficient (Wildman–Crippen LogP) is 3.59. The maximum atomic E-state index is 12.1. The van der Waals surface area contributed by atoms with Gasteiger partial charge in [-0.3, -0.25) is 0 Å². The van der Waals surface area contributed by atoms with Gasteiger partial charge in [0.25, 0.3) is 0 Å². The highest BCUT2D eigenvalue weighted by molar-refractivity contribution is 6.34. The molecule has 1 aromatic rings. The second-order valence-corrected chi connectivity index (χ2v) is 3.52. The molecule has 0 bridgehead atoms. The Balaban J connectivity index is 3.07. The number of benzene rings is 1. The van der Waals surface area contributed by atoms with Crippen LogP contribution in [0.25, 0.3) is 0 Å². The zero-order valence-electron chi connectivity index (χ0n) is 6.65. The van der Waals surface area contributed by atoms with Gasteiger partial charge in [0.15, 0.2) is 6.10 Å². The fraction of sp³-hybridized carbons (Fsp3) is 0.250. The third-order valence-corrected chi connectivity index (χ3v) is 1.95. The fourth-order valence-electron chi connectivity index (χ4n) is 0.922. The molecule has 6 heteroatoms. The van der Waals surface area contributed by atoms with E-state index in [0.29, 0.717) is 0 Å². The van der Waals surface area contributed by atoms with Crippen LogP contribution >= 0.6 is 23.2 Å². The average molecular weight is 245 g/mol. The molecule has 1 aromatic carbocycles. The van der Waals surface area contributed by atoms with Crippen LogP contribution in [0.3, 0.4) is 0 Å². The molecule has 0 aliphatic rings. The first kappa shape index (κ1) is 11.6. The molecule has 0 saturated carbocycles. The van der Waals surface area contributed by atoms with Crippen molar-refractivity contribution in [2.45, 2.75) is 12.3 Å². The molecule has 0 spiro atoms. The minimum Gasteiger partial charge on any atom is -0.379 e. The highest BCUT2D eigenvalue weighted by Crippen LogP contribution is 2.34. The van der Waals surface area contributed by atoms with Gasteiger partial charge in [-0.2, -0.15) is 13.2 Å².